The Kier molecular flexibility index (Phi) is 5.15. The Morgan fingerprint density at radius 1 is 1.35 bits per heavy atom. The summed E-state index contributed by atoms with van der Waals surface area (Å²) in [4.78, 5) is 13.5. The molecule has 0 aliphatic carbocycles. The van der Waals surface area contributed by atoms with E-state index < -0.39 is 11.9 Å². The summed E-state index contributed by atoms with van der Waals surface area (Å²) < 4.78 is 0. The van der Waals surface area contributed by atoms with Gasteiger partial charge in [0, 0.05) is 6.54 Å². The summed E-state index contributed by atoms with van der Waals surface area (Å²) in [7, 11) is 2.17. The third-order valence-corrected chi connectivity index (χ3v) is 4.30. The van der Waals surface area contributed by atoms with E-state index in [0.29, 0.717) is 5.92 Å². The van der Waals surface area contributed by atoms with Crippen LogP contribution in [0.15, 0.2) is 24.3 Å². The molecule has 2 rings (SSSR count). The third kappa shape index (κ3) is 3.58. The van der Waals surface area contributed by atoms with Gasteiger partial charge in [-0.3, -0.25) is 4.79 Å². The van der Waals surface area contributed by atoms with Crippen LogP contribution in [0.25, 0.3) is 0 Å². The number of likely N-dealkylation sites (tertiary alicyclic amines) is 1. The molecule has 1 fully saturated rings. The van der Waals surface area contributed by atoms with Crippen LogP contribution in [0.5, 0.6) is 0 Å². The van der Waals surface area contributed by atoms with E-state index in [1.807, 2.05) is 12.1 Å². The maximum absolute atomic E-state index is 11.1. The lowest BCUT2D eigenvalue weighted by molar-refractivity contribution is -0.138. The fourth-order valence-corrected chi connectivity index (χ4v) is 2.95. The summed E-state index contributed by atoms with van der Waals surface area (Å²) >= 11 is 0. The van der Waals surface area contributed by atoms with E-state index in [0.717, 1.165) is 12.1 Å². The first-order valence-corrected chi connectivity index (χ1v) is 7.33. The highest BCUT2D eigenvalue weighted by molar-refractivity contribution is 5.76. The number of carboxylic acids is 1. The topological polar surface area (TPSA) is 66.6 Å². The number of hydrogen-bond donors (Lipinski definition) is 2. The number of hydrogen-bond acceptors (Lipinski definition) is 3. The van der Waals surface area contributed by atoms with Crippen LogP contribution in [0.3, 0.4) is 0 Å². The molecule has 4 heteroatoms. The largest absolute Gasteiger partial charge is 0.481 e. The Labute approximate surface area is 120 Å². The first-order chi connectivity index (χ1) is 9.61. The molecule has 0 amide bonds. The van der Waals surface area contributed by atoms with Crippen LogP contribution in [0, 0.1) is 0 Å². The number of rotatable bonds is 4. The van der Waals surface area contributed by atoms with Gasteiger partial charge in [0.1, 0.15) is 0 Å². The van der Waals surface area contributed by atoms with E-state index in [9.17, 15) is 4.79 Å². The summed E-state index contributed by atoms with van der Waals surface area (Å²) in [6, 6.07) is 8.01. The van der Waals surface area contributed by atoms with Crippen LogP contribution in [-0.2, 0) is 4.79 Å². The second kappa shape index (κ2) is 6.86. The smallest absolute Gasteiger partial charge is 0.312 e. The number of aliphatic carboxylic acids is 1. The first kappa shape index (κ1) is 15.0. The predicted octanol–water partition coefficient (Wildman–Crippen LogP) is 2.01. The molecule has 20 heavy (non-hydrogen) atoms. The summed E-state index contributed by atoms with van der Waals surface area (Å²) in [6.45, 7) is 2.44. The van der Waals surface area contributed by atoms with Gasteiger partial charge in [0.25, 0.3) is 0 Å². The number of nitrogens with two attached hydrogens (primary N) is 1. The van der Waals surface area contributed by atoms with Crippen molar-refractivity contribution in [2.24, 2.45) is 5.73 Å². The molecule has 1 aromatic carbocycles. The van der Waals surface area contributed by atoms with E-state index >= 15 is 0 Å². The highest BCUT2D eigenvalue weighted by Gasteiger charge is 2.20. The van der Waals surface area contributed by atoms with Crippen LogP contribution in [0.2, 0.25) is 0 Å². The Balaban J connectivity index is 2.09. The van der Waals surface area contributed by atoms with Gasteiger partial charge in [-0.15, -0.1) is 0 Å². The third-order valence-electron chi connectivity index (χ3n) is 4.30. The minimum atomic E-state index is -0.851. The van der Waals surface area contributed by atoms with Crippen LogP contribution >= 0.6 is 0 Å². The second-order valence-electron chi connectivity index (χ2n) is 5.72. The van der Waals surface area contributed by atoms with Gasteiger partial charge in [0.15, 0.2) is 0 Å². The van der Waals surface area contributed by atoms with Gasteiger partial charge in [0.05, 0.1) is 5.92 Å². The minimum absolute atomic E-state index is 0.142. The lowest BCUT2D eigenvalue weighted by Crippen LogP contribution is -2.21. The zero-order valence-corrected chi connectivity index (χ0v) is 12.1. The Morgan fingerprint density at radius 2 is 2.05 bits per heavy atom. The molecule has 0 spiro atoms. The van der Waals surface area contributed by atoms with E-state index in [4.69, 9.17) is 10.8 Å². The van der Waals surface area contributed by atoms with Crippen molar-refractivity contribution >= 4 is 5.97 Å². The highest BCUT2D eigenvalue weighted by Crippen LogP contribution is 2.28. The molecule has 4 nitrogen and oxygen atoms in total. The van der Waals surface area contributed by atoms with Crippen molar-refractivity contribution in [1.82, 2.24) is 4.90 Å². The normalized spacial score (nSPS) is 22.2. The molecule has 1 aliphatic rings. The van der Waals surface area contributed by atoms with Gasteiger partial charge in [-0.05, 0) is 56.4 Å². The highest BCUT2D eigenvalue weighted by atomic mass is 16.4. The molecular formula is C16H24N2O2. The molecule has 1 saturated heterocycles. The Morgan fingerprint density at radius 3 is 2.65 bits per heavy atom. The Bertz CT molecular complexity index is 444. The van der Waals surface area contributed by atoms with Crippen LogP contribution < -0.4 is 5.73 Å². The average Bonchev–Trinajstić information content (AvgIpc) is 2.65. The SMILES string of the molecule is CN1CCCC(c2ccc(C(CN)C(=O)O)cc2)CC1. The number of carbonyl (C=O) groups is 1. The molecule has 0 bridgehead atoms. The van der Waals surface area contributed by atoms with Crippen molar-refractivity contribution in [2.45, 2.75) is 31.1 Å². The van der Waals surface area contributed by atoms with Crippen molar-refractivity contribution < 1.29 is 9.90 Å². The molecule has 0 radical (unpaired) electrons. The van der Waals surface area contributed by atoms with Gasteiger partial charge in [-0.2, -0.15) is 0 Å². The lowest BCUT2D eigenvalue weighted by Gasteiger charge is -2.17. The molecule has 1 heterocycles. The van der Waals surface area contributed by atoms with Crippen LogP contribution in [0.1, 0.15) is 42.2 Å². The van der Waals surface area contributed by atoms with Crippen molar-refractivity contribution in [3.8, 4) is 0 Å². The molecule has 2 unspecified atom stereocenters. The molecule has 1 aliphatic heterocycles. The first-order valence-electron chi connectivity index (χ1n) is 7.33. The molecule has 0 aromatic heterocycles. The number of nitrogens with zero attached hydrogens (tertiary/aromatic N) is 1. The zero-order valence-electron chi connectivity index (χ0n) is 12.1. The summed E-state index contributed by atoms with van der Waals surface area (Å²) in [6.07, 6.45) is 3.61. The van der Waals surface area contributed by atoms with Gasteiger partial charge < -0.3 is 15.7 Å². The number of benzene rings is 1. The van der Waals surface area contributed by atoms with E-state index in [-0.39, 0.29) is 6.54 Å². The summed E-state index contributed by atoms with van der Waals surface area (Å²) in [5, 5.41) is 9.13. The van der Waals surface area contributed by atoms with E-state index in [1.54, 1.807) is 0 Å². The van der Waals surface area contributed by atoms with Gasteiger partial charge in [0.2, 0.25) is 0 Å². The lowest BCUT2D eigenvalue weighted by atomic mass is 9.89. The van der Waals surface area contributed by atoms with Crippen LogP contribution in [-0.4, -0.2) is 42.7 Å². The quantitative estimate of drug-likeness (QED) is 0.883. The molecule has 110 valence electrons. The maximum atomic E-state index is 11.1. The second-order valence-corrected chi connectivity index (χ2v) is 5.72. The molecular weight excluding hydrogens is 252 g/mol. The van der Waals surface area contributed by atoms with Crippen molar-refractivity contribution in [2.75, 3.05) is 26.7 Å². The fourth-order valence-electron chi connectivity index (χ4n) is 2.95. The predicted molar refractivity (Wildman–Crippen MR) is 80.0 cm³/mol. The number of carboxylic acid groups (broad SMARTS) is 1. The van der Waals surface area contributed by atoms with Crippen molar-refractivity contribution in [3.63, 3.8) is 0 Å². The van der Waals surface area contributed by atoms with E-state index in [1.165, 1.54) is 31.4 Å². The van der Waals surface area contributed by atoms with Gasteiger partial charge in [-0.1, -0.05) is 24.3 Å². The molecule has 3 N–H and O–H groups in total. The average molecular weight is 276 g/mol. The minimum Gasteiger partial charge on any atom is -0.481 e. The van der Waals surface area contributed by atoms with Crippen molar-refractivity contribution in [3.05, 3.63) is 35.4 Å². The fraction of sp³-hybridized carbons (Fsp3) is 0.562. The van der Waals surface area contributed by atoms with Crippen molar-refractivity contribution in [1.29, 1.82) is 0 Å². The maximum Gasteiger partial charge on any atom is 0.312 e. The summed E-state index contributed by atoms with van der Waals surface area (Å²) in [5.41, 5.74) is 7.66. The standard InChI is InChI=1S/C16H24N2O2/c1-18-9-2-3-12(8-10-18)13-4-6-14(7-5-13)15(11-17)16(19)20/h4-7,12,15H,2-3,8-11,17H2,1H3,(H,19,20). The van der Waals surface area contributed by atoms with E-state index in [2.05, 4.69) is 24.1 Å². The summed E-state index contributed by atoms with van der Waals surface area (Å²) in [5.74, 6) is -0.851. The molecule has 0 saturated carbocycles. The zero-order chi connectivity index (χ0) is 14.5. The molecule has 1 aromatic rings. The van der Waals surface area contributed by atoms with Gasteiger partial charge in [-0.25, -0.2) is 0 Å². The van der Waals surface area contributed by atoms with Gasteiger partial charge >= 0.3 is 5.97 Å². The monoisotopic (exact) mass is 276 g/mol. The van der Waals surface area contributed by atoms with Crippen LogP contribution in [0.4, 0.5) is 0 Å². The molecule has 2 atom stereocenters. The Hall–Kier alpha value is -1.39.